The molecule has 12 nitrogen and oxygen atoms in total. The highest BCUT2D eigenvalue weighted by Crippen LogP contribution is 2.48. The van der Waals surface area contributed by atoms with Crippen molar-refractivity contribution in [3.05, 3.63) is 90.0 Å². The van der Waals surface area contributed by atoms with E-state index in [4.69, 9.17) is 14.2 Å². The molecule has 2 fully saturated rings. The van der Waals surface area contributed by atoms with Gasteiger partial charge >= 0.3 is 6.09 Å². The molecule has 51 heavy (non-hydrogen) atoms. The fourth-order valence-electron chi connectivity index (χ4n) is 6.36. The minimum atomic E-state index is -1.38. The van der Waals surface area contributed by atoms with Gasteiger partial charge in [0.25, 0.3) is 0 Å². The second-order valence-corrected chi connectivity index (χ2v) is 14.9. The van der Waals surface area contributed by atoms with Crippen LogP contribution in [0.1, 0.15) is 82.7 Å². The molecule has 274 valence electrons. The molecule has 1 aliphatic carbocycles. The van der Waals surface area contributed by atoms with Crippen LogP contribution in [-0.2, 0) is 35.2 Å². The topological polar surface area (TPSA) is 141 Å². The highest BCUT2D eigenvalue weighted by atomic mass is 16.6. The Kier molecular flexibility index (Phi) is 12.0. The lowest BCUT2D eigenvalue weighted by atomic mass is 10.0. The molecule has 2 N–H and O–H groups in total. The highest BCUT2D eigenvalue weighted by molar-refractivity contribution is 5.96. The fraction of sp³-hybridized carbons (Fsp3) is 0.513. The van der Waals surface area contributed by atoms with Crippen LogP contribution in [0.3, 0.4) is 0 Å². The van der Waals surface area contributed by atoms with Crippen molar-refractivity contribution in [1.82, 2.24) is 25.1 Å². The van der Waals surface area contributed by atoms with E-state index in [9.17, 15) is 19.2 Å². The predicted octanol–water partition coefficient (Wildman–Crippen LogP) is 4.79. The molecule has 5 rings (SSSR count). The molecule has 2 aromatic carbocycles. The van der Waals surface area contributed by atoms with Crippen LogP contribution in [0.4, 0.5) is 4.79 Å². The standard InChI is InChI=1S/C39H51N5O7/c1-38(2,3)51-37(48)42-39(4,5)36(47)41-32(24-50-23-26-13-9-7-10-14-26)34(45)30-21-29(30)31-22-44(25-40-31)33(27-15-11-8-12-16-27)35(46)43-19-17-28(49-6)18-20-43/h7-16,22,25,28-30,32-33H,17-21,23-24H2,1-6H3,(H,41,47)(H,42,48)/t29?,30?,32-,33?/m1/s1. The van der Waals surface area contributed by atoms with E-state index in [0.29, 0.717) is 25.2 Å². The van der Waals surface area contributed by atoms with Crippen LogP contribution < -0.4 is 10.6 Å². The molecule has 1 saturated carbocycles. The maximum absolute atomic E-state index is 14.0. The number of rotatable bonds is 14. The van der Waals surface area contributed by atoms with E-state index in [0.717, 1.165) is 24.0 Å². The van der Waals surface area contributed by atoms with Crippen molar-refractivity contribution >= 4 is 23.7 Å². The smallest absolute Gasteiger partial charge is 0.408 e. The summed E-state index contributed by atoms with van der Waals surface area (Å²) in [7, 11) is 1.70. The van der Waals surface area contributed by atoms with Gasteiger partial charge < -0.3 is 34.3 Å². The molecular weight excluding hydrogens is 650 g/mol. The Hall–Kier alpha value is -4.55. The van der Waals surface area contributed by atoms with Crippen molar-refractivity contribution in [2.45, 2.75) is 95.7 Å². The number of nitrogens with one attached hydrogen (secondary N) is 2. The van der Waals surface area contributed by atoms with Crippen LogP contribution in [0.15, 0.2) is 73.2 Å². The van der Waals surface area contributed by atoms with E-state index in [1.807, 2.05) is 76.3 Å². The Balaban J connectivity index is 1.29. The van der Waals surface area contributed by atoms with Crippen LogP contribution in [0.2, 0.25) is 0 Å². The Labute approximate surface area is 300 Å². The molecule has 0 spiro atoms. The third kappa shape index (κ3) is 10.0. The molecule has 3 aromatic rings. The zero-order valence-corrected chi connectivity index (χ0v) is 30.5. The number of carbonyl (C=O) groups is 4. The number of ether oxygens (including phenoxy) is 3. The first-order valence-electron chi connectivity index (χ1n) is 17.6. The Morgan fingerprint density at radius 2 is 1.59 bits per heavy atom. The van der Waals surface area contributed by atoms with Gasteiger partial charge in [-0.05, 0) is 65.0 Å². The average molecular weight is 702 g/mol. The number of carbonyl (C=O) groups excluding carboxylic acids is 4. The van der Waals surface area contributed by atoms with E-state index < -0.39 is 41.1 Å². The number of aromatic nitrogens is 2. The van der Waals surface area contributed by atoms with Crippen molar-refractivity contribution in [1.29, 1.82) is 0 Å². The molecule has 3 amide bonds. The second-order valence-electron chi connectivity index (χ2n) is 14.9. The number of hydrogen-bond acceptors (Lipinski definition) is 8. The van der Waals surface area contributed by atoms with Crippen molar-refractivity contribution in [2.24, 2.45) is 5.92 Å². The predicted molar refractivity (Wildman–Crippen MR) is 191 cm³/mol. The Bertz CT molecular complexity index is 1640. The molecular formula is C39H51N5O7. The van der Waals surface area contributed by atoms with Crippen LogP contribution in [-0.4, -0.2) is 88.2 Å². The van der Waals surface area contributed by atoms with Crippen molar-refractivity contribution in [2.75, 3.05) is 26.8 Å². The van der Waals surface area contributed by atoms with Crippen molar-refractivity contribution in [3.8, 4) is 0 Å². The number of Topliss-reactive ketones (excluding diaryl/α,β-unsaturated/α-hetero) is 1. The number of likely N-dealkylation sites (tertiary alicyclic amines) is 1. The van der Waals surface area contributed by atoms with Gasteiger partial charge in [-0.15, -0.1) is 0 Å². The van der Waals surface area contributed by atoms with Gasteiger partial charge in [0.05, 0.1) is 31.3 Å². The maximum Gasteiger partial charge on any atom is 0.408 e. The number of imidazole rings is 1. The normalized spacial score (nSPS) is 19.1. The summed E-state index contributed by atoms with van der Waals surface area (Å²) in [4.78, 5) is 60.6. The van der Waals surface area contributed by atoms with Gasteiger partial charge in [-0.2, -0.15) is 0 Å². The third-order valence-electron chi connectivity index (χ3n) is 9.32. The number of hydrogen-bond donors (Lipinski definition) is 2. The fourth-order valence-corrected chi connectivity index (χ4v) is 6.36. The quantitative estimate of drug-likeness (QED) is 0.245. The average Bonchev–Trinajstić information content (AvgIpc) is 3.76. The van der Waals surface area contributed by atoms with Crippen molar-refractivity contribution in [3.63, 3.8) is 0 Å². The molecule has 0 bridgehead atoms. The lowest BCUT2D eigenvalue weighted by Crippen LogP contribution is -2.59. The first-order chi connectivity index (χ1) is 24.3. The summed E-state index contributed by atoms with van der Waals surface area (Å²) in [5.41, 5.74) is 0.374. The van der Waals surface area contributed by atoms with Gasteiger partial charge in [0.1, 0.15) is 23.2 Å². The lowest BCUT2D eigenvalue weighted by Gasteiger charge is -2.34. The molecule has 3 unspecified atom stereocenters. The van der Waals surface area contributed by atoms with E-state index in [1.54, 1.807) is 48.1 Å². The van der Waals surface area contributed by atoms with Gasteiger partial charge in [0.15, 0.2) is 5.78 Å². The molecule has 2 heterocycles. The van der Waals surface area contributed by atoms with Gasteiger partial charge in [-0.25, -0.2) is 9.78 Å². The summed E-state index contributed by atoms with van der Waals surface area (Å²) >= 11 is 0. The molecule has 1 aromatic heterocycles. The minimum Gasteiger partial charge on any atom is -0.444 e. The van der Waals surface area contributed by atoms with E-state index in [1.165, 1.54) is 0 Å². The number of alkyl carbamates (subject to hydrolysis) is 1. The Morgan fingerprint density at radius 3 is 2.22 bits per heavy atom. The number of amides is 3. The summed E-state index contributed by atoms with van der Waals surface area (Å²) in [6.45, 7) is 9.75. The monoisotopic (exact) mass is 701 g/mol. The van der Waals surface area contributed by atoms with Crippen LogP contribution in [0.25, 0.3) is 0 Å². The molecule has 2 aliphatic rings. The van der Waals surface area contributed by atoms with Gasteiger partial charge in [0.2, 0.25) is 11.8 Å². The van der Waals surface area contributed by atoms with Crippen LogP contribution >= 0.6 is 0 Å². The summed E-state index contributed by atoms with van der Waals surface area (Å²) in [5, 5.41) is 5.45. The first kappa shape index (κ1) is 37.7. The molecule has 4 atom stereocenters. The number of piperidine rings is 1. The largest absolute Gasteiger partial charge is 0.444 e. The highest BCUT2D eigenvalue weighted by Gasteiger charge is 2.48. The van der Waals surface area contributed by atoms with Crippen LogP contribution in [0, 0.1) is 5.92 Å². The number of benzene rings is 2. The van der Waals surface area contributed by atoms with Crippen molar-refractivity contribution < 1.29 is 33.4 Å². The summed E-state index contributed by atoms with van der Waals surface area (Å²) in [6.07, 6.45) is 5.06. The summed E-state index contributed by atoms with van der Waals surface area (Å²) in [6, 6.07) is 17.6. The van der Waals surface area contributed by atoms with E-state index in [2.05, 4.69) is 15.6 Å². The summed E-state index contributed by atoms with van der Waals surface area (Å²) in [5.74, 6) is -1.32. The van der Waals surface area contributed by atoms with E-state index >= 15 is 0 Å². The maximum atomic E-state index is 14.0. The second kappa shape index (κ2) is 16.2. The zero-order chi connectivity index (χ0) is 36.8. The molecule has 0 radical (unpaired) electrons. The van der Waals surface area contributed by atoms with Gasteiger partial charge in [0, 0.05) is 38.2 Å². The zero-order valence-electron chi connectivity index (χ0n) is 30.5. The summed E-state index contributed by atoms with van der Waals surface area (Å²) < 4.78 is 18.6. The van der Waals surface area contributed by atoms with Gasteiger partial charge in [-0.1, -0.05) is 60.7 Å². The van der Waals surface area contributed by atoms with E-state index in [-0.39, 0.29) is 36.9 Å². The molecule has 1 aliphatic heterocycles. The first-order valence-corrected chi connectivity index (χ1v) is 17.6. The minimum absolute atomic E-state index is 0.0101. The molecule has 1 saturated heterocycles. The van der Waals surface area contributed by atoms with Crippen LogP contribution in [0.5, 0.6) is 0 Å². The number of methoxy groups -OCH3 is 1. The third-order valence-corrected chi connectivity index (χ3v) is 9.32. The lowest BCUT2D eigenvalue weighted by molar-refractivity contribution is -0.136. The Morgan fingerprint density at radius 1 is 0.941 bits per heavy atom. The SMILES string of the molecule is COC1CCN(C(=O)C(c2ccccc2)n2cnc(C3CC3C(=O)[C@@H](COCc3ccccc3)NC(=O)C(C)(C)NC(=O)OC(C)(C)C)c2)CC1. The van der Waals surface area contributed by atoms with Gasteiger partial charge in [-0.3, -0.25) is 14.4 Å². The number of ketones is 1. The molecule has 12 heteroatoms. The number of nitrogens with zero attached hydrogens (tertiary/aromatic N) is 3.